The third kappa shape index (κ3) is 7.08. The summed E-state index contributed by atoms with van der Waals surface area (Å²) in [5.74, 6) is -0.693. The monoisotopic (exact) mass is 565 g/mol. The molecule has 9 nitrogen and oxygen atoms in total. The number of carbonyl (C=O) groups excluding carboxylic acids is 2. The van der Waals surface area contributed by atoms with Gasteiger partial charge in [-0.25, -0.2) is 12.8 Å². The van der Waals surface area contributed by atoms with Gasteiger partial charge < -0.3 is 15.5 Å². The average Bonchev–Trinajstić information content (AvgIpc) is 3.74. The first kappa shape index (κ1) is 27.9. The van der Waals surface area contributed by atoms with Crippen LogP contribution in [0.2, 0.25) is 0 Å². The molecule has 1 aliphatic carbocycles. The molecule has 2 heterocycles. The Hall–Kier alpha value is -3.70. The number of hydrogen-bond acceptors (Lipinski definition) is 7. The van der Waals surface area contributed by atoms with Gasteiger partial charge in [-0.15, -0.1) is 0 Å². The molecule has 2 fully saturated rings. The number of carbonyl (C=O) groups is 2. The van der Waals surface area contributed by atoms with Crippen LogP contribution in [0, 0.1) is 5.82 Å². The van der Waals surface area contributed by atoms with E-state index in [1.165, 1.54) is 17.0 Å². The van der Waals surface area contributed by atoms with Crippen LogP contribution in [-0.2, 0) is 14.6 Å². The first-order valence-electron chi connectivity index (χ1n) is 13.4. The second-order valence-corrected chi connectivity index (χ2v) is 12.6. The van der Waals surface area contributed by atoms with Crippen molar-refractivity contribution in [2.45, 2.75) is 37.3 Å². The summed E-state index contributed by atoms with van der Waals surface area (Å²) in [7, 11) is -3.14. The molecule has 0 bridgehead atoms. The molecular formula is C29H32FN5O4S. The van der Waals surface area contributed by atoms with Crippen molar-refractivity contribution in [2.75, 3.05) is 31.1 Å². The number of nitrogens with zero attached hydrogens (tertiary/aromatic N) is 3. The van der Waals surface area contributed by atoms with Gasteiger partial charge in [0.25, 0.3) is 5.91 Å². The Morgan fingerprint density at radius 3 is 2.42 bits per heavy atom. The molecule has 2 N–H and O–H groups in total. The minimum absolute atomic E-state index is 0.0722. The zero-order valence-corrected chi connectivity index (χ0v) is 22.8. The van der Waals surface area contributed by atoms with Gasteiger partial charge in [0.1, 0.15) is 11.9 Å². The normalized spacial score (nSPS) is 20.5. The quantitative estimate of drug-likeness (QED) is 0.363. The second-order valence-electron chi connectivity index (χ2n) is 10.3. The lowest BCUT2D eigenvalue weighted by atomic mass is 10.1. The van der Waals surface area contributed by atoms with Gasteiger partial charge >= 0.3 is 0 Å². The zero-order valence-electron chi connectivity index (χ0n) is 22.0. The Morgan fingerprint density at radius 2 is 1.75 bits per heavy atom. The van der Waals surface area contributed by atoms with Gasteiger partial charge in [-0.05, 0) is 55.6 Å². The molecule has 0 spiro atoms. The minimum atomic E-state index is -3.14. The number of rotatable bonds is 10. The lowest BCUT2D eigenvalue weighted by molar-refractivity contribution is -0.133. The van der Waals surface area contributed by atoms with Crippen molar-refractivity contribution in [2.24, 2.45) is 0 Å². The van der Waals surface area contributed by atoms with Crippen molar-refractivity contribution in [3.63, 3.8) is 0 Å². The van der Waals surface area contributed by atoms with E-state index in [-0.39, 0.29) is 42.2 Å². The van der Waals surface area contributed by atoms with E-state index in [0.29, 0.717) is 42.6 Å². The fourth-order valence-corrected chi connectivity index (χ4v) is 6.19. The first-order chi connectivity index (χ1) is 19.3. The Kier molecular flexibility index (Phi) is 8.51. The van der Waals surface area contributed by atoms with Gasteiger partial charge in [0.05, 0.1) is 23.4 Å². The summed E-state index contributed by atoms with van der Waals surface area (Å²) in [5, 5.41) is 6.37. The average molecular weight is 566 g/mol. The largest absolute Gasteiger partial charge is 0.340 e. The maximum Gasteiger partial charge on any atom is 0.251 e. The minimum Gasteiger partial charge on any atom is -0.340 e. The Balaban J connectivity index is 1.18. The zero-order chi connectivity index (χ0) is 28.1. The van der Waals surface area contributed by atoms with Crippen molar-refractivity contribution < 1.29 is 22.4 Å². The number of benzene rings is 2. The molecule has 5 rings (SSSR count). The lowest BCUT2D eigenvalue weighted by Gasteiger charge is -2.30. The molecule has 1 saturated carbocycles. The summed E-state index contributed by atoms with van der Waals surface area (Å²) in [6.45, 7) is 0.906. The molecule has 0 radical (unpaired) electrons. The Labute approximate surface area is 233 Å². The van der Waals surface area contributed by atoms with E-state index < -0.39 is 15.9 Å². The topological polar surface area (TPSA) is 121 Å². The van der Waals surface area contributed by atoms with Gasteiger partial charge in [0.2, 0.25) is 5.91 Å². The highest BCUT2D eigenvalue weighted by molar-refractivity contribution is 7.91. The van der Waals surface area contributed by atoms with Crippen molar-refractivity contribution >= 4 is 21.7 Å². The van der Waals surface area contributed by atoms with Crippen LogP contribution in [0.3, 0.4) is 0 Å². The van der Waals surface area contributed by atoms with E-state index >= 15 is 0 Å². The number of halogens is 1. The SMILES string of the molecule is O=C(N[C@@H](CCCN[C@@H]1C[C@H]1c1ccc(F)cc1)C(=O)N1CCS(=O)(=O)CC1)c1ccc(-c2cnccn2)cc1. The highest BCUT2D eigenvalue weighted by Crippen LogP contribution is 2.40. The smallest absolute Gasteiger partial charge is 0.251 e. The van der Waals surface area contributed by atoms with E-state index in [9.17, 15) is 22.4 Å². The molecule has 2 aromatic carbocycles. The van der Waals surface area contributed by atoms with E-state index in [1.807, 2.05) is 12.1 Å². The number of sulfone groups is 1. The van der Waals surface area contributed by atoms with E-state index in [4.69, 9.17) is 0 Å². The molecule has 0 unspecified atom stereocenters. The predicted octanol–water partition coefficient (Wildman–Crippen LogP) is 2.56. The van der Waals surface area contributed by atoms with Gasteiger partial charge in [-0.2, -0.15) is 0 Å². The first-order valence-corrected chi connectivity index (χ1v) is 15.3. The van der Waals surface area contributed by atoms with E-state index in [1.54, 1.807) is 42.9 Å². The summed E-state index contributed by atoms with van der Waals surface area (Å²) in [5.41, 5.74) is 3.01. The second kappa shape index (κ2) is 12.2. The van der Waals surface area contributed by atoms with E-state index in [2.05, 4.69) is 20.6 Å². The maximum atomic E-state index is 13.4. The molecule has 2 amide bonds. The van der Waals surface area contributed by atoms with Gasteiger partial charge in [0.15, 0.2) is 9.84 Å². The molecule has 2 aliphatic rings. The predicted molar refractivity (Wildman–Crippen MR) is 149 cm³/mol. The van der Waals surface area contributed by atoms with Crippen LogP contribution in [-0.4, -0.2) is 78.3 Å². The fraction of sp³-hybridized carbons (Fsp3) is 0.379. The fourth-order valence-electron chi connectivity index (χ4n) is 4.99. The Morgan fingerprint density at radius 1 is 1.02 bits per heavy atom. The van der Waals surface area contributed by atoms with Crippen LogP contribution in [0.1, 0.15) is 41.1 Å². The van der Waals surface area contributed by atoms with Crippen molar-refractivity contribution in [1.29, 1.82) is 0 Å². The van der Waals surface area contributed by atoms with Gasteiger partial charge in [-0.3, -0.25) is 19.6 Å². The number of amides is 2. The van der Waals surface area contributed by atoms with E-state index in [0.717, 1.165) is 17.5 Å². The molecule has 210 valence electrons. The van der Waals surface area contributed by atoms with Crippen LogP contribution in [0.15, 0.2) is 67.1 Å². The van der Waals surface area contributed by atoms with Crippen LogP contribution in [0.4, 0.5) is 4.39 Å². The number of nitrogens with one attached hydrogen (secondary N) is 2. The molecule has 3 aromatic rings. The van der Waals surface area contributed by atoms with Crippen LogP contribution in [0.5, 0.6) is 0 Å². The number of hydrogen-bond donors (Lipinski definition) is 2. The summed E-state index contributed by atoms with van der Waals surface area (Å²) < 4.78 is 36.9. The molecule has 1 saturated heterocycles. The lowest BCUT2D eigenvalue weighted by Crippen LogP contribution is -2.53. The standard InChI is InChI=1S/C29H32FN5O4S/c30-23-9-7-20(8-10-23)24-18-26(24)32-11-1-2-25(29(37)35-14-16-40(38,39)17-15-35)34-28(36)22-5-3-21(4-6-22)27-19-31-12-13-33-27/h3-10,12-13,19,24-26,32H,1-2,11,14-18H2,(H,34,36)/t24-,25-,26+/m0/s1. The van der Waals surface area contributed by atoms with Gasteiger partial charge in [0, 0.05) is 48.6 Å². The van der Waals surface area contributed by atoms with Crippen molar-refractivity contribution in [1.82, 2.24) is 25.5 Å². The molecule has 3 atom stereocenters. The Bertz CT molecular complexity index is 1420. The van der Waals surface area contributed by atoms with Gasteiger partial charge in [-0.1, -0.05) is 24.3 Å². The highest BCUT2D eigenvalue weighted by Gasteiger charge is 2.38. The third-order valence-corrected chi connectivity index (χ3v) is 9.04. The molecule has 1 aromatic heterocycles. The summed E-state index contributed by atoms with van der Waals surface area (Å²) in [6, 6.07) is 13.0. The third-order valence-electron chi connectivity index (χ3n) is 7.43. The summed E-state index contributed by atoms with van der Waals surface area (Å²) >= 11 is 0. The maximum absolute atomic E-state index is 13.4. The summed E-state index contributed by atoms with van der Waals surface area (Å²) in [4.78, 5) is 36.3. The highest BCUT2D eigenvalue weighted by atomic mass is 32.2. The van der Waals surface area contributed by atoms with Crippen LogP contribution >= 0.6 is 0 Å². The number of aromatic nitrogens is 2. The molecule has 1 aliphatic heterocycles. The molecular weight excluding hydrogens is 533 g/mol. The van der Waals surface area contributed by atoms with Crippen molar-refractivity contribution in [3.05, 3.63) is 84.1 Å². The summed E-state index contributed by atoms with van der Waals surface area (Å²) in [6.07, 6.45) is 6.84. The van der Waals surface area contributed by atoms with Crippen LogP contribution < -0.4 is 10.6 Å². The molecule has 11 heteroatoms. The van der Waals surface area contributed by atoms with Crippen LogP contribution in [0.25, 0.3) is 11.3 Å². The van der Waals surface area contributed by atoms with Crippen molar-refractivity contribution in [3.8, 4) is 11.3 Å². The molecule has 40 heavy (non-hydrogen) atoms.